The number of anilines is 1. The molecule has 7 heteroatoms. The van der Waals surface area contributed by atoms with Crippen molar-refractivity contribution in [1.29, 1.82) is 0 Å². The smallest absolute Gasteiger partial charge is 0.414 e. The number of carbonyl (C=O) groups excluding carboxylic acids is 2. The van der Waals surface area contributed by atoms with Crippen LogP contribution in [0.2, 0.25) is 0 Å². The predicted octanol–water partition coefficient (Wildman–Crippen LogP) is 5.54. The molecule has 1 aliphatic carbocycles. The fourth-order valence-electron chi connectivity index (χ4n) is 6.11. The van der Waals surface area contributed by atoms with Crippen LogP contribution in [0, 0.1) is 5.92 Å². The molecule has 1 amide bonds. The lowest BCUT2D eigenvalue weighted by molar-refractivity contribution is -0.122. The zero-order valence-corrected chi connectivity index (χ0v) is 21.3. The van der Waals surface area contributed by atoms with Crippen molar-refractivity contribution >= 4 is 28.6 Å². The minimum atomic E-state index is -0.785. The van der Waals surface area contributed by atoms with Gasteiger partial charge in [-0.1, -0.05) is 36.8 Å². The first-order valence-corrected chi connectivity index (χ1v) is 13.0. The molecule has 7 nitrogen and oxygen atoms in total. The quantitative estimate of drug-likeness (QED) is 0.509. The van der Waals surface area contributed by atoms with E-state index in [9.17, 15) is 14.7 Å². The molecule has 1 N–H and O–H groups in total. The maximum atomic E-state index is 12.6. The molecule has 36 heavy (non-hydrogen) atoms. The maximum absolute atomic E-state index is 12.6. The summed E-state index contributed by atoms with van der Waals surface area (Å²) in [6.07, 6.45) is 4.51. The van der Waals surface area contributed by atoms with Crippen LogP contribution in [0.5, 0.6) is 0 Å². The van der Waals surface area contributed by atoms with Crippen molar-refractivity contribution in [2.24, 2.45) is 5.92 Å². The van der Waals surface area contributed by atoms with E-state index in [-0.39, 0.29) is 29.9 Å². The van der Waals surface area contributed by atoms with Crippen LogP contribution in [0.1, 0.15) is 75.0 Å². The SMILES string of the molecule is COC(=O)N1c2ccc3c(nc([C@@H](O)Cc4ccccc4)n3[C@@H]3CCC[C@@H](C(C)=O)C3)c2CC[C@@H]1C. The van der Waals surface area contributed by atoms with Crippen molar-refractivity contribution in [3.63, 3.8) is 0 Å². The molecule has 3 aromatic rings. The summed E-state index contributed by atoms with van der Waals surface area (Å²) < 4.78 is 7.27. The molecule has 1 saturated carbocycles. The number of methoxy groups -OCH3 is 1. The molecular formula is C29H35N3O4. The minimum Gasteiger partial charge on any atom is -0.452 e. The van der Waals surface area contributed by atoms with Gasteiger partial charge in [-0.25, -0.2) is 9.78 Å². The number of amides is 1. The van der Waals surface area contributed by atoms with Crippen molar-refractivity contribution in [3.05, 3.63) is 59.4 Å². The molecule has 1 aliphatic heterocycles. The number of aryl methyl sites for hydroxylation is 1. The average Bonchev–Trinajstić information content (AvgIpc) is 3.29. The number of aliphatic hydroxyl groups excluding tert-OH is 1. The summed E-state index contributed by atoms with van der Waals surface area (Å²) in [5.41, 5.74) is 4.68. The third kappa shape index (κ3) is 4.41. The molecule has 0 saturated heterocycles. The van der Waals surface area contributed by atoms with Crippen LogP contribution in [0.25, 0.3) is 11.0 Å². The van der Waals surface area contributed by atoms with Crippen molar-refractivity contribution in [1.82, 2.24) is 9.55 Å². The minimum absolute atomic E-state index is 0.0299. The van der Waals surface area contributed by atoms with Crippen LogP contribution in [0.4, 0.5) is 10.5 Å². The molecule has 0 unspecified atom stereocenters. The van der Waals surface area contributed by atoms with Gasteiger partial charge in [-0.15, -0.1) is 0 Å². The van der Waals surface area contributed by atoms with Crippen molar-refractivity contribution in [3.8, 4) is 0 Å². The molecule has 2 aromatic carbocycles. The summed E-state index contributed by atoms with van der Waals surface area (Å²) in [7, 11) is 1.41. The fourth-order valence-corrected chi connectivity index (χ4v) is 6.11. The predicted molar refractivity (Wildman–Crippen MR) is 139 cm³/mol. The Morgan fingerprint density at radius 3 is 2.64 bits per heavy atom. The van der Waals surface area contributed by atoms with Gasteiger partial charge in [0.1, 0.15) is 17.7 Å². The molecule has 190 valence electrons. The molecule has 2 aliphatic rings. The number of fused-ring (bicyclic) bond motifs is 3. The van der Waals surface area contributed by atoms with Crippen LogP contribution in [0.15, 0.2) is 42.5 Å². The van der Waals surface area contributed by atoms with Gasteiger partial charge in [0.2, 0.25) is 0 Å². The summed E-state index contributed by atoms with van der Waals surface area (Å²) in [5, 5.41) is 11.5. The Hall–Kier alpha value is -3.19. The molecule has 0 bridgehead atoms. The molecule has 0 radical (unpaired) electrons. The molecule has 4 atom stereocenters. The summed E-state index contributed by atoms with van der Waals surface area (Å²) in [5.74, 6) is 0.906. The highest BCUT2D eigenvalue weighted by atomic mass is 16.5. The Bertz CT molecular complexity index is 1270. The number of carbonyl (C=O) groups is 2. The van der Waals surface area contributed by atoms with E-state index in [0.717, 1.165) is 66.4 Å². The number of aliphatic hydroxyl groups is 1. The molecule has 1 aromatic heterocycles. The van der Waals surface area contributed by atoms with Gasteiger partial charge in [0.05, 0.1) is 23.8 Å². The number of Topliss-reactive ketones (excluding diaryl/α,β-unsaturated/α-hetero) is 1. The van der Waals surface area contributed by atoms with Crippen LogP contribution in [-0.4, -0.2) is 39.7 Å². The normalized spacial score (nSPS) is 22.8. The second-order valence-electron chi connectivity index (χ2n) is 10.3. The molecule has 5 rings (SSSR count). The Morgan fingerprint density at radius 2 is 1.92 bits per heavy atom. The van der Waals surface area contributed by atoms with Crippen molar-refractivity contribution < 1.29 is 19.4 Å². The monoisotopic (exact) mass is 489 g/mol. The largest absolute Gasteiger partial charge is 0.452 e. The Labute approximate surface area is 212 Å². The summed E-state index contributed by atoms with van der Waals surface area (Å²) >= 11 is 0. The molecular weight excluding hydrogens is 454 g/mol. The Kier molecular flexibility index (Phi) is 6.84. The van der Waals surface area contributed by atoms with E-state index in [1.54, 1.807) is 11.8 Å². The van der Waals surface area contributed by atoms with E-state index in [2.05, 4.69) is 4.57 Å². The lowest BCUT2D eigenvalue weighted by atomic mass is 9.83. The Morgan fingerprint density at radius 1 is 1.14 bits per heavy atom. The van der Waals surface area contributed by atoms with Crippen LogP contribution in [-0.2, 0) is 22.4 Å². The third-order valence-electron chi connectivity index (χ3n) is 8.01. The number of aromatic nitrogens is 2. The highest BCUT2D eigenvalue weighted by Gasteiger charge is 2.34. The Balaban J connectivity index is 1.64. The first-order valence-electron chi connectivity index (χ1n) is 13.0. The van der Waals surface area contributed by atoms with Gasteiger partial charge in [-0.3, -0.25) is 9.69 Å². The highest BCUT2D eigenvalue weighted by molar-refractivity contribution is 5.95. The number of imidazole rings is 1. The van der Waals surface area contributed by atoms with Crippen molar-refractivity contribution in [2.45, 2.75) is 77.0 Å². The van der Waals surface area contributed by atoms with Gasteiger partial charge in [0.15, 0.2) is 0 Å². The second kappa shape index (κ2) is 10.1. The lowest BCUT2D eigenvalue weighted by Gasteiger charge is -2.34. The standard InChI is InChI=1S/C29H35N3O4/c1-18-12-13-23-24(31(18)29(35)36-3)14-15-25-27(23)30-28(26(34)16-20-8-5-4-6-9-20)32(25)22-11-7-10-21(17-22)19(2)33/h4-6,8-9,14-15,18,21-22,26,34H,7,10-13,16-17H2,1-3H3/t18-,21+,22+,26-/m0/s1. The summed E-state index contributed by atoms with van der Waals surface area (Å²) in [6, 6.07) is 14.1. The van der Waals surface area contributed by atoms with Gasteiger partial charge in [0, 0.05) is 30.0 Å². The number of hydrogen-bond donors (Lipinski definition) is 1. The van der Waals surface area contributed by atoms with E-state index >= 15 is 0 Å². The number of benzene rings is 2. The van der Waals surface area contributed by atoms with Crippen molar-refractivity contribution in [2.75, 3.05) is 12.0 Å². The van der Waals surface area contributed by atoms with Crippen LogP contribution in [0.3, 0.4) is 0 Å². The van der Waals surface area contributed by atoms with Gasteiger partial charge >= 0.3 is 6.09 Å². The number of ketones is 1. The topological polar surface area (TPSA) is 84.7 Å². The summed E-state index contributed by atoms with van der Waals surface area (Å²) in [6.45, 7) is 3.71. The second-order valence-corrected chi connectivity index (χ2v) is 10.3. The number of nitrogens with zero attached hydrogens (tertiary/aromatic N) is 3. The molecule has 2 heterocycles. The van der Waals surface area contributed by atoms with Gasteiger partial charge in [-0.05, 0) is 63.6 Å². The number of rotatable bonds is 5. The lowest BCUT2D eigenvalue weighted by Crippen LogP contribution is -2.42. The molecule has 0 spiro atoms. The third-order valence-corrected chi connectivity index (χ3v) is 8.01. The van der Waals surface area contributed by atoms with E-state index in [4.69, 9.17) is 9.72 Å². The number of ether oxygens (including phenoxy) is 1. The zero-order valence-electron chi connectivity index (χ0n) is 21.3. The maximum Gasteiger partial charge on any atom is 0.414 e. The highest BCUT2D eigenvalue weighted by Crippen LogP contribution is 2.41. The van der Waals surface area contributed by atoms with Crippen LogP contribution < -0.4 is 4.90 Å². The average molecular weight is 490 g/mol. The number of hydrogen-bond acceptors (Lipinski definition) is 5. The van der Waals surface area contributed by atoms with E-state index < -0.39 is 6.10 Å². The van der Waals surface area contributed by atoms with E-state index in [1.165, 1.54) is 7.11 Å². The zero-order chi connectivity index (χ0) is 25.4. The van der Waals surface area contributed by atoms with E-state index in [1.807, 2.05) is 49.4 Å². The fraction of sp³-hybridized carbons (Fsp3) is 0.483. The van der Waals surface area contributed by atoms with E-state index in [0.29, 0.717) is 12.2 Å². The molecule has 1 fully saturated rings. The summed E-state index contributed by atoms with van der Waals surface area (Å²) in [4.78, 5) is 31.7. The first-order chi connectivity index (χ1) is 17.4. The first kappa shape index (κ1) is 24.5. The van der Waals surface area contributed by atoms with Gasteiger partial charge in [0.25, 0.3) is 0 Å². The van der Waals surface area contributed by atoms with Gasteiger partial charge in [-0.2, -0.15) is 0 Å². The van der Waals surface area contributed by atoms with Crippen LogP contribution >= 0.6 is 0 Å². The van der Waals surface area contributed by atoms with Gasteiger partial charge < -0.3 is 14.4 Å².